The Morgan fingerprint density at radius 2 is 1.50 bits per heavy atom. The molecule has 0 aliphatic carbocycles. The number of hydrogen-bond acceptors (Lipinski definition) is 7. The normalized spacial score (nSPS) is 13.0. The van der Waals surface area contributed by atoms with Gasteiger partial charge in [0.15, 0.2) is 0 Å². The summed E-state index contributed by atoms with van der Waals surface area (Å²) in [5.74, 6) is 1.04. The fourth-order valence-electron chi connectivity index (χ4n) is 4.10. The Bertz CT molecular complexity index is 1470. The molecule has 2 heterocycles. The molecule has 226 valence electrons. The first-order chi connectivity index (χ1) is 20.0. The van der Waals surface area contributed by atoms with E-state index in [1.165, 1.54) is 5.56 Å². The van der Waals surface area contributed by atoms with Crippen LogP contribution in [0.4, 0.5) is 34.5 Å². The number of anilines is 6. The number of carbonyl (C=O) groups is 1. The molecule has 0 saturated carbocycles. The van der Waals surface area contributed by atoms with Gasteiger partial charge in [0, 0.05) is 57.4 Å². The first-order valence-corrected chi connectivity index (χ1v) is 14.3. The van der Waals surface area contributed by atoms with Gasteiger partial charge in [-0.25, -0.2) is 4.98 Å². The topological polar surface area (TPSA) is 91.4 Å². The lowest BCUT2D eigenvalue weighted by atomic mass is 10.0. The highest BCUT2D eigenvalue weighted by atomic mass is 16.5. The molecule has 3 N–H and O–H groups in total. The van der Waals surface area contributed by atoms with E-state index in [9.17, 15) is 4.79 Å². The molecule has 0 atom stereocenters. The molecule has 0 radical (unpaired) electrons. The molecule has 1 aliphatic heterocycles. The summed E-state index contributed by atoms with van der Waals surface area (Å²) in [5.41, 5.74) is 6.82. The molecule has 1 aromatic heterocycles. The third-order valence-electron chi connectivity index (χ3n) is 6.16. The first kappa shape index (κ1) is 30.5. The zero-order valence-electron chi connectivity index (χ0n) is 25.5. The Kier molecular flexibility index (Phi) is 10.1. The van der Waals surface area contributed by atoms with Crippen molar-refractivity contribution in [3.05, 3.63) is 95.7 Å². The van der Waals surface area contributed by atoms with Crippen molar-refractivity contribution >= 4 is 40.4 Å². The molecular weight excluding hydrogens is 524 g/mol. The van der Waals surface area contributed by atoms with E-state index in [2.05, 4.69) is 77.6 Å². The lowest BCUT2D eigenvalue weighted by Crippen LogP contribution is -2.36. The number of amides is 1. The lowest BCUT2D eigenvalue weighted by molar-refractivity contribution is 0.102. The Hall–Kier alpha value is -4.43. The smallest absolute Gasteiger partial charge is 0.255 e. The molecule has 4 aromatic rings. The number of nitrogens with zero attached hydrogens (tertiary/aromatic N) is 3. The Labute approximate surface area is 254 Å². The van der Waals surface area contributed by atoms with Crippen molar-refractivity contribution in [2.24, 2.45) is 5.41 Å². The number of benzene rings is 3. The predicted octanol–water partition coefficient (Wildman–Crippen LogP) is 8.46. The van der Waals surface area contributed by atoms with E-state index in [-0.39, 0.29) is 10.2 Å². The van der Waals surface area contributed by atoms with E-state index in [4.69, 9.17) is 4.74 Å². The molecule has 42 heavy (non-hydrogen) atoms. The van der Waals surface area contributed by atoms with Crippen LogP contribution in [0.1, 0.15) is 53.5 Å². The molecular formula is C34H48N6O2. The van der Waals surface area contributed by atoms with Crippen molar-refractivity contribution in [3.63, 3.8) is 0 Å². The zero-order chi connectivity index (χ0) is 30.1. The van der Waals surface area contributed by atoms with E-state index >= 15 is 0 Å². The van der Waals surface area contributed by atoms with Gasteiger partial charge in [0.1, 0.15) is 5.82 Å². The van der Waals surface area contributed by atoms with Gasteiger partial charge in [0.05, 0.1) is 13.2 Å². The number of morpholine rings is 1. The predicted molar refractivity (Wildman–Crippen MR) is 180 cm³/mol. The molecule has 8 nitrogen and oxygen atoms in total. The number of aryl methyl sites for hydroxylation is 2. The van der Waals surface area contributed by atoms with Crippen molar-refractivity contribution in [1.82, 2.24) is 9.97 Å². The lowest BCUT2D eigenvalue weighted by Gasteiger charge is -2.28. The molecule has 5 rings (SSSR count). The van der Waals surface area contributed by atoms with Gasteiger partial charge in [0.2, 0.25) is 5.95 Å². The average Bonchev–Trinajstić information content (AvgIpc) is 2.95. The molecule has 1 fully saturated rings. The fourth-order valence-corrected chi connectivity index (χ4v) is 4.10. The van der Waals surface area contributed by atoms with Crippen molar-refractivity contribution in [1.29, 1.82) is 0 Å². The van der Waals surface area contributed by atoms with Gasteiger partial charge in [-0.05, 0) is 85.5 Å². The largest absolute Gasteiger partial charge is 0.378 e. The van der Waals surface area contributed by atoms with Crippen LogP contribution in [0.2, 0.25) is 0 Å². The van der Waals surface area contributed by atoms with Crippen LogP contribution in [0, 0.1) is 19.3 Å². The van der Waals surface area contributed by atoms with Gasteiger partial charge >= 0.3 is 0 Å². The van der Waals surface area contributed by atoms with Crippen LogP contribution in [0.3, 0.4) is 0 Å². The Morgan fingerprint density at radius 1 is 0.857 bits per heavy atom. The summed E-state index contributed by atoms with van der Waals surface area (Å²) >= 11 is 0. The van der Waals surface area contributed by atoms with E-state index in [0.717, 1.165) is 60.4 Å². The van der Waals surface area contributed by atoms with Crippen LogP contribution in [0.5, 0.6) is 0 Å². The average molecular weight is 573 g/mol. The standard InChI is InChI=1S/C29H30N6O2.C5H12.3H2/c1-20-4-3-5-25(18-20)31-27-21(2)19-30-29(34-27)33-24-8-6-22(7-9-24)28(36)32-23-10-12-26(13-11-23)35-14-16-37-17-15-35;1-5(2,3)4;;;/h3-13,18-19H,14-17H2,1-2H3,(H,32,36)(H2,30,31,33,34);1-4H3;3*1H. The number of carbonyl (C=O) groups excluding carboxylic acids is 1. The van der Waals surface area contributed by atoms with Gasteiger partial charge in [-0.15, -0.1) is 0 Å². The maximum Gasteiger partial charge on any atom is 0.255 e. The summed E-state index contributed by atoms with van der Waals surface area (Å²) in [6.45, 7) is 16.0. The quantitative estimate of drug-likeness (QED) is 0.205. The molecule has 1 aliphatic rings. The van der Waals surface area contributed by atoms with Crippen LogP contribution in [-0.2, 0) is 4.74 Å². The monoisotopic (exact) mass is 572 g/mol. The highest BCUT2D eigenvalue weighted by molar-refractivity contribution is 6.04. The summed E-state index contributed by atoms with van der Waals surface area (Å²) in [5, 5.41) is 9.53. The van der Waals surface area contributed by atoms with Crippen LogP contribution in [0.15, 0.2) is 79.0 Å². The number of hydrogen-bond donors (Lipinski definition) is 3. The summed E-state index contributed by atoms with van der Waals surface area (Å²) in [7, 11) is 0. The van der Waals surface area contributed by atoms with Crippen molar-refractivity contribution < 1.29 is 13.8 Å². The third-order valence-corrected chi connectivity index (χ3v) is 6.16. The summed E-state index contributed by atoms with van der Waals surface area (Å²) < 4.78 is 5.41. The van der Waals surface area contributed by atoms with Crippen LogP contribution < -0.4 is 20.9 Å². The van der Waals surface area contributed by atoms with E-state index in [0.29, 0.717) is 16.9 Å². The SMILES string of the molecule is CC(C)(C)C.Cc1cccc(Nc2nc(Nc3ccc(C(=O)Nc4ccc(N5CCOCC5)cc4)cc3)ncc2C)c1.[HH].[HH].[HH]. The van der Waals surface area contributed by atoms with Crippen LogP contribution >= 0.6 is 0 Å². The summed E-state index contributed by atoms with van der Waals surface area (Å²) in [4.78, 5) is 24.1. The molecule has 1 saturated heterocycles. The van der Waals surface area contributed by atoms with Gasteiger partial charge in [-0.2, -0.15) is 4.98 Å². The van der Waals surface area contributed by atoms with Gasteiger partial charge in [-0.1, -0.05) is 39.8 Å². The number of rotatable bonds is 7. The van der Waals surface area contributed by atoms with E-state index < -0.39 is 0 Å². The van der Waals surface area contributed by atoms with Gasteiger partial charge < -0.3 is 25.6 Å². The van der Waals surface area contributed by atoms with Crippen LogP contribution in [0.25, 0.3) is 0 Å². The first-order valence-electron chi connectivity index (χ1n) is 14.3. The minimum Gasteiger partial charge on any atom is -0.378 e. The second kappa shape index (κ2) is 14.0. The number of aromatic nitrogens is 2. The molecule has 0 spiro atoms. The Balaban J connectivity index is 0.00000118. The molecule has 1 amide bonds. The number of nitrogens with one attached hydrogen (secondary N) is 3. The number of ether oxygens (including phenoxy) is 1. The maximum atomic E-state index is 12.8. The van der Waals surface area contributed by atoms with E-state index in [1.54, 1.807) is 18.3 Å². The summed E-state index contributed by atoms with van der Waals surface area (Å²) in [6.07, 6.45) is 1.78. The third kappa shape index (κ3) is 9.59. The molecule has 0 bridgehead atoms. The highest BCUT2D eigenvalue weighted by Crippen LogP contribution is 2.23. The fraction of sp³-hybridized carbons (Fsp3) is 0.324. The summed E-state index contributed by atoms with van der Waals surface area (Å²) in [6, 6.07) is 23.3. The van der Waals surface area contributed by atoms with Crippen molar-refractivity contribution in [2.45, 2.75) is 41.5 Å². The van der Waals surface area contributed by atoms with Crippen LogP contribution in [-0.4, -0.2) is 42.2 Å². The zero-order valence-corrected chi connectivity index (χ0v) is 25.5. The second-order valence-corrected chi connectivity index (χ2v) is 12.0. The van der Waals surface area contributed by atoms with Gasteiger partial charge in [-0.3, -0.25) is 4.79 Å². The Morgan fingerprint density at radius 3 is 2.14 bits per heavy atom. The molecule has 3 aromatic carbocycles. The molecule has 0 unspecified atom stereocenters. The highest BCUT2D eigenvalue weighted by Gasteiger charge is 2.12. The minimum atomic E-state index is -0.165. The van der Waals surface area contributed by atoms with E-state index in [1.807, 2.05) is 55.5 Å². The minimum absolute atomic E-state index is 0. The molecule has 8 heteroatoms. The van der Waals surface area contributed by atoms with Crippen molar-refractivity contribution in [3.8, 4) is 0 Å². The van der Waals surface area contributed by atoms with Crippen molar-refractivity contribution in [2.75, 3.05) is 47.2 Å². The maximum absolute atomic E-state index is 12.8. The second-order valence-electron chi connectivity index (χ2n) is 12.0. The van der Waals surface area contributed by atoms with Gasteiger partial charge in [0.25, 0.3) is 5.91 Å².